The van der Waals surface area contributed by atoms with E-state index in [4.69, 9.17) is 26.3 Å². The third-order valence-corrected chi connectivity index (χ3v) is 4.27. The highest BCUT2D eigenvalue weighted by molar-refractivity contribution is 6.29. The lowest BCUT2D eigenvalue weighted by Gasteiger charge is -2.15. The first-order valence-electron chi connectivity index (χ1n) is 8.97. The Morgan fingerprint density at radius 3 is 2.57 bits per heavy atom. The van der Waals surface area contributed by atoms with Crippen molar-refractivity contribution < 1.29 is 18.7 Å². The third kappa shape index (κ3) is 5.69. The third-order valence-electron chi connectivity index (χ3n) is 4.05. The predicted octanol–water partition coefficient (Wildman–Crippen LogP) is 4.62. The first-order valence-corrected chi connectivity index (χ1v) is 9.35. The van der Waals surface area contributed by atoms with Gasteiger partial charge in [0.1, 0.15) is 16.7 Å². The molecule has 1 aromatic heterocycles. The number of carbonyl (C=O) groups excluding carboxylic acids is 1. The van der Waals surface area contributed by atoms with E-state index in [-0.39, 0.29) is 17.2 Å². The Labute approximate surface area is 177 Å². The lowest BCUT2D eigenvalue weighted by Crippen LogP contribution is -2.35. The number of hydrogen-bond donors (Lipinski definition) is 1. The Hall–Kier alpha value is -3.63. The van der Waals surface area contributed by atoms with Gasteiger partial charge < -0.3 is 14.8 Å². The number of nitrogens with zero attached hydrogens (tertiary/aromatic N) is 2. The smallest absolute Gasteiger partial charge is 0.261 e. The van der Waals surface area contributed by atoms with E-state index in [0.717, 1.165) is 11.6 Å². The molecule has 30 heavy (non-hydrogen) atoms. The maximum absolute atomic E-state index is 13.9. The summed E-state index contributed by atoms with van der Waals surface area (Å²) in [6, 6.07) is 15.7. The van der Waals surface area contributed by atoms with Crippen molar-refractivity contribution >= 4 is 17.5 Å². The van der Waals surface area contributed by atoms with Crippen LogP contribution in [0, 0.1) is 17.1 Å². The number of carbonyl (C=O) groups is 1. The fraction of sp³-hybridized carbons (Fsp3) is 0.136. The van der Waals surface area contributed by atoms with Crippen LogP contribution >= 0.6 is 11.6 Å². The van der Waals surface area contributed by atoms with Gasteiger partial charge in [0.25, 0.3) is 5.91 Å². The minimum absolute atomic E-state index is 0.00658. The molecule has 8 heteroatoms. The van der Waals surface area contributed by atoms with E-state index >= 15 is 0 Å². The second-order valence-electron chi connectivity index (χ2n) is 6.30. The van der Waals surface area contributed by atoms with E-state index in [9.17, 15) is 9.18 Å². The summed E-state index contributed by atoms with van der Waals surface area (Å²) in [6.45, 7) is 1.94. The number of aromatic nitrogens is 1. The Morgan fingerprint density at radius 2 is 1.93 bits per heavy atom. The summed E-state index contributed by atoms with van der Waals surface area (Å²) < 4.78 is 25.0. The molecule has 152 valence electrons. The number of rotatable bonds is 7. The van der Waals surface area contributed by atoms with Crippen molar-refractivity contribution in [3.05, 3.63) is 82.9 Å². The van der Waals surface area contributed by atoms with E-state index in [0.29, 0.717) is 23.2 Å². The largest absolute Gasteiger partial charge is 0.481 e. The molecule has 0 saturated heterocycles. The first-order chi connectivity index (χ1) is 14.4. The number of pyridine rings is 1. The van der Waals surface area contributed by atoms with Gasteiger partial charge >= 0.3 is 0 Å². The highest BCUT2D eigenvalue weighted by Crippen LogP contribution is 2.27. The Bertz CT molecular complexity index is 1070. The maximum atomic E-state index is 13.9. The fourth-order valence-electron chi connectivity index (χ4n) is 2.47. The molecule has 0 aliphatic heterocycles. The summed E-state index contributed by atoms with van der Waals surface area (Å²) in [7, 11) is 0. The van der Waals surface area contributed by atoms with Gasteiger partial charge in [0.2, 0.25) is 0 Å². The molecule has 1 unspecified atom stereocenters. The summed E-state index contributed by atoms with van der Waals surface area (Å²) in [4.78, 5) is 16.2. The van der Waals surface area contributed by atoms with Crippen LogP contribution in [0.3, 0.4) is 0 Å². The molecule has 0 aliphatic carbocycles. The topological polar surface area (TPSA) is 84.2 Å². The van der Waals surface area contributed by atoms with E-state index < -0.39 is 11.9 Å². The van der Waals surface area contributed by atoms with Crippen LogP contribution in [-0.4, -0.2) is 17.0 Å². The molecule has 1 atom stereocenters. The van der Waals surface area contributed by atoms with E-state index in [1.165, 1.54) is 12.1 Å². The lowest BCUT2D eigenvalue weighted by atomic mass is 10.2. The number of halogens is 2. The molecule has 3 rings (SSSR count). The van der Waals surface area contributed by atoms with Crippen molar-refractivity contribution in [1.82, 2.24) is 10.3 Å². The molecule has 3 aromatic rings. The normalized spacial score (nSPS) is 11.3. The Kier molecular flexibility index (Phi) is 6.83. The molecule has 2 aromatic carbocycles. The zero-order valence-electron chi connectivity index (χ0n) is 15.9. The molecule has 0 bridgehead atoms. The lowest BCUT2D eigenvalue weighted by molar-refractivity contribution is -0.127. The highest BCUT2D eigenvalue weighted by Gasteiger charge is 2.14. The van der Waals surface area contributed by atoms with Crippen molar-refractivity contribution in [2.75, 3.05) is 0 Å². The molecule has 0 aliphatic rings. The molecular formula is C22H17ClFN3O3. The van der Waals surface area contributed by atoms with E-state index in [1.54, 1.807) is 49.5 Å². The average molecular weight is 426 g/mol. The van der Waals surface area contributed by atoms with Crippen LogP contribution in [0.2, 0.25) is 5.15 Å². The van der Waals surface area contributed by atoms with Crippen molar-refractivity contribution in [2.45, 2.75) is 19.6 Å². The summed E-state index contributed by atoms with van der Waals surface area (Å²) >= 11 is 5.73. The van der Waals surface area contributed by atoms with E-state index in [2.05, 4.69) is 10.3 Å². The molecular weight excluding hydrogens is 409 g/mol. The standard InChI is InChI=1S/C22H17ClFN3O3/c1-14(22(28)27-13-16-3-9-21(23)26-12-16)29-17-4-6-18(7-5-17)30-20-8-2-15(11-25)10-19(20)24/h2-10,12,14H,13H2,1H3,(H,27,28). The Morgan fingerprint density at radius 1 is 1.20 bits per heavy atom. The number of ether oxygens (including phenoxy) is 2. The van der Waals surface area contributed by atoms with Crippen LogP contribution in [0.1, 0.15) is 18.1 Å². The number of benzene rings is 2. The second-order valence-corrected chi connectivity index (χ2v) is 6.68. The minimum Gasteiger partial charge on any atom is -0.481 e. The zero-order chi connectivity index (χ0) is 21.5. The number of nitriles is 1. The van der Waals surface area contributed by atoms with Gasteiger partial charge in [-0.1, -0.05) is 17.7 Å². The zero-order valence-corrected chi connectivity index (χ0v) is 16.7. The molecule has 0 radical (unpaired) electrons. The number of amides is 1. The van der Waals surface area contributed by atoms with E-state index in [1.807, 2.05) is 6.07 Å². The second kappa shape index (κ2) is 9.72. The minimum atomic E-state index is -0.729. The quantitative estimate of drug-likeness (QED) is 0.558. The molecule has 6 nitrogen and oxygen atoms in total. The van der Waals surface area contributed by atoms with Crippen molar-refractivity contribution in [3.8, 4) is 23.3 Å². The van der Waals surface area contributed by atoms with Crippen LogP contribution in [-0.2, 0) is 11.3 Å². The number of hydrogen-bond acceptors (Lipinski definition) is 5. The van der Waals surface area contributed by atoms with Crippen LogP contribution in [0.5, 0.6) is 17.2 Å². The molecule has 0 spiro atoms. The van der Waals surface area contributed by atoms with Gasteiger partial charge in [0.15, 0.2) is 17.7 Å². The average Bonchev–Trinajstić information content (AvgIpc) is 2.75. The van der Waals surface area contributed by atoms with Gasteiger partial charge in [-0.15, -0.1) is 0 Å². The van der Waals surface area contributed by atoms with Gasteiger partial charge in [0.05, 0.1) is 11.6 Å². The van der Waals surface area contributed by atoms with Gasteiger partial charge in [-0.25, -0.2) is 9.37 Å². The SMILES string of the molecule is CC(Oc1ccc(Oc2ccc(C#N)cc2F)cc1)C(=O)NCc1ccc(Cl)nc1. The number of nitrogens with one attached hydrogen (secondary N) is 1. The summed E-state index contributed by atoms with van der Waals surface area (Å²) in [5.41, 5.74) is 1.03. The molecule has 1 heterocycles. The van der Waals surface area contributed by atoms with Crippen LogP contribution in [0.4, 0.5) is 4.39 Å². The molecule has 1 N–H and O–H groups in total. The molecule has 0 fully saturated rings. The van der Waals surface area contributed by atoms with Crippen molar-refractivity contribution in [2.24, 2.45) is 0 Å². The van der Waals surface area contributed by atoms with Gasteiger partial charge in [-0.05, 0) is 61.0 Å². The van der Waals surface area contributed by atoms with Gasteiger partial charge in [-0.2, -0.15) is 5.26 Å². The van der Waals surface area contributed by atoms with Crippen LogP contribution in [0.15, 0.2) is 60.8 Å². The van der Waals surface area contributed by atoms with Gasteiger partial charge in [-0.3, -0.25) is 4.79 Å². The van der Waals surface area contributed by atoms with Crippen LogP contribution in [0.25, 0.3) is 0 Å². The fourth-order valence-corrected chi connectivity index (χ4v) is 2.58. The summed E-state index contributed by atoms with van der Waals surface area (Å²) in [6.07, 6.45) is 0.858. The summed E-state index contributed by atoms with van der Waals surface area (Å²) in [5.74, 6) is -0.0654. The van der Waals surface area contributed by atoms with Crippen molar-refractivity contribution in [1.29, 1.82) is 5.26 Å². The van der Waals surface area contributed by atoms with Gasteiger partial charge in [0, 0.05) is 12.7 Å². The highest BCUT2D eigenvalue weighted by atomic mass is 35.5. The monoisotopic (exact) mass is 425 g/mol. The first kappa shape index (κ1) is 21.1. The molecule has 1 amide bonds. The maximum Gasteiger partial charge on any atom is 0.261 e. The van der Waals surface area contributed by atoms with Crippen molar-refractivity contribution in [3.63, 3.8) is 0 Å². The Balaban J connectivity index is 1.53. The van der Waals surface area contributed by atoms with Crippen LogP contribution < -0.4 is 14.8 Å². The molecule has 0 saturated carbocycles. The summed E-state index contributed by atoms with van der Waals surface area (Å²) in [5, 5.41) is 11.9. The predicted molar refractivity (Wildman–Crippen MR) is 109 cm³/mol.